The summed E-state index contributed by atoms with van der Waals surface area (Å²) in [5.74, 6) is -1.76. The molecule has 0 bridgehead atoms. The number of carbonyl (C=O) groups excluding carboxylic acids is 2. The highest BCUT2D eigenvalue weighted by Gasteiger charge is 2.15. The van der Waals surface area contributed by atoms with Crippen LogP contribution in [0, 0.1) is 0 Å². The van der Waals surface area contributed by atoms with E-state index in [2.05, 4.69) is 10.6 Å². The molecule has 0 atom stereocenters. The maximum Gasteiger partial charge on any atom is 0.313 e. The molecule has 5 nitrogen and oxygen atoms in total. The Morgan fingerprint density at radius 2 is 1.76 bits per heavy atom. The van der Waals surface area contributed by atoms with Crippen molar-refractivity contribution < 1.29 is 14.7 Å². The van der Waals surface area contributed by atoms with Crippen LogP contribution in [0.15, 0.2) is 18.2 Å². The van der Waals surface area contributed by atoms with Crippen molar-refractivity contribution in [1.29, 1.82) is 0 Å². The molecular formula is C10H10Cl2N2O3. The van der Waals surface area contributed by atoms with E-state index in [1.54, 1.807) is 6.07 Å². The molecule has 92 valence electrons. The van der Waals surface area contributed by atoms with Crippen LogP contribution in [-0.4, -0.2) is 30.1 Å². The number of aliphatic hydroxyl groups is 1. The molecule has 7 heteroatoms. The number of halogens is 2. The molecule has 0 aliphatic rings. The van der Waals surface area contributed by atoms with Gasteiger partial charge in [-0.15, -0.1) is 0 Å². The van der Waals surface area contributed by atoms with Gasteiger partial charge in [0.1, 0.15) is 0 Å². The number of para-hydroxylation sites is 1. The van der Waals surface area contributed by atoms with E-state index >= 15 is 0 Å². The van der Waals surface area contributed by atoms with Gasteiger partial charge in [0.05, 0.1) is 22.3 Å². The number of hydrogen-bond acceptors (Lipinski definition) is 3. The predicted molar refractivity (Wildman–Crippen MR) is 65.2 cm³/mol. The molecule has 0 unspecified atom stereocenters. The quantitative estimate of drug-likeness (QED) is 0.722. The molecule has 3 N–H and O–H groups in total. The van der Waals surface area contributed by atoms with Crippen LogP contribution in [0.2, 0.25) is 10.0 Å². The molecule has 2 amide bonds. The molecule has 1 aromatic rings. The van der Waals surface area contributed by atoms with Crippen molar-refractivity contribution in [1.82, 2.24) is 5.32 Å². The number of carbonyl (C=O) groups is 2. The van der Waals surface area contributed by atoms with Gasteiger partial charge < -0.3 is 15.7 Å². The van der Waals surface area contributed by atoms with E-state index in [1.165, 1.54) is 12.1 Å². The van der Waals surface area contributed by atoms with Gasteiger partial charge in [-0.1, -0.05) is 29.3 Å². The second-order valence-corrected chi connectivity index (χ2v) is 3.84. The fourth-order valence-electron chi connectivity index (χ4n) is 1.04. The molecule has 17 heavy (non-hydrogen) atoms. The molecule has 0 aromatic heterocycles. The number of rotatable bonds is 3. The Balaban J connectivity index is 2.71. The SMILES string of the molecule is O=C(NCCO)C(=O)Nc1c(Cl)cccc1Cl. The average Bonchev–Trinajstić information content (AvgIpc) is 2.30. The van der Waals surface area contributed by atoms with Gasteiger partial charge >= 0.3 is 11.8 Å². The minimum Gasteiger partial charge on any atom is -0.395 e. The van der Waals surface area contributed by atoms with E-state index in [0.717, 1.165) is 0 Å². The number of nitrogens with one attached hydrogen (secondary N) is 2. The van der Waals surface area contributed by atoms with Crippen LogP contribution in [-0.2, 0) is 9.59 Å². The lowest BCUT2D eigenvalue weighted by molar-refractivity contribution is -0.136. The Morgan fingerprint density at radius 3 is 2.29 bits per heavy atom. The number of amides is 2. The van der Waals surface area contributed by atoms with Crippen molar-refractivity contribution in [3.8, 4) is 0 Å². The van der Waals surface area contributed by atoms with Crippen LogP contribution in [0.3, 0.4) is 0 Å². The van der Waals surface area contributed by atoms with Crippen molar-refractivity contribution >= 4 is 40.7 Å². The smallest absolute Gasteiger partial charge is 0.313 e. The highest BCUT2D eigenvalue weighted by Crippen LogP contribution is 2.29. The van der Waals surface area contributed by atoms with Gasteiger partial charge in [-0.05, 0) is 12.1 Å². The van der Waals surface area contributed by atoms with Crippen molar-refractivity contribution in [3.05, 3.63) is 28.2 Å². The second kappa shape index (κ2) is 6.44. The van der Waals surface area contributed by atoms with Crippen molar-refractivity contribution in [2.45, 2.75) is 0 Å². The summed E-state index contributed by atoms with van der Waals surface area (Å²) in [5.41, 5.74) is 0.181. The van der Waals surface area contributed by atoms with Crippen LogP contribution in [0.1, 0.15) is 0 Å². The maximum atomic E-state index is 11.4. The first-order valence-corrected chi connectivity index (χ1v) is 5.46. The van der Waals surface area contributed by atoms with Crippen LogP contribution in [0.4, 0.5) is 5.69 Å². The molecule has 0 saturated carbocycles. The Labute approximate surface area is 108 Å². The maximum absolute atomic E-state index is 11.4. The first-order valence-electron chi connectivity index (χ1n) is 4.70. The Bertz CT molecular complexity index is 417. The van der Waals surface area contributed by atoms with Crippen molar-refractivity contribution in [2.24, 2.45) is 0 Å². The standard InChI is InChI=1S/C10H10Cl2N2O3/c11-6-2-1-3-7(12)8(6)14-10(17)9(16)13-4-5-15/h1-3,15H,4-5H2,(H,13,16)(H,14,17). The molecule has 0 aliphatic carbocycles. The van der Waals surface area contributed by atoms with Crippen LogP contribution < -0.4 is 10.6 Å². The zero-order valence-electron chi connectivity index (χ0n) is 8.67. The van der Waals surface area contributed by atoms with E-state index in [1.807, 2.05) is 0 Å². The second-order valence-electron chi connectivity index (χ2n) is 3.03. The Morgan fingerprint density at radius 1 is 1.18 bits per heavy atom. The molecule has 0 radical (unpaired) electrons. The molecule has 1 aromatic carbocycles. The summed E-state index contributed by atoms with van der Waals surface area (Å²) in [5, 5.41) is 13.5. The topological polar surface area (TPSA) is 78.4 Å². The monoisotopic (exact) mass is 276 g/mol. The van der Waals surface area contributed by atoms with Gasteiger partial charge in [0.2, 0.25) is 0 Å². The molecule has 0 fully saturated rings. The lowest BCUT2D eigenvalue weighted by atomic mass is 10.3. The van der Waals surface area contributed by atoms with Gasteiger partial charge in [0, 0.05) is 6.54 Å². The third kappa shape index (κ3) is 3.89. The summed E-state index contributed by atoms with van der Waals surface area (Å²) in [6, 6.07) is 4.69. The first-order chi connectivity index (χ1) is 8.06. The summed E-state index contributed by atoms with van der Waals surface area (Å²) >= 11 is 11.6. The molecule has 0 saturated heterocycles. The van der Waals surface area contributed by atoms with Gasteiger partial charge in [0.15, 0.2) is 0 Å². The summed E-state index contributed by atoms with van der Waals surface area (Å²) in [4.78, 5) is 22.6. The lowest BCUT2D eigenvalue weighted by Crippen LogP contribution is -2.36. The molecule has 1 rings (SSSR count). The van der Waals surface area contributed by atoms with E-state index in [4.69, 9.17) is 28.3 Å². The number of anilines is 1. The fourth-order valence-corrected chi connectivity index (χ4v) is 1.53. The Hall–Kier alpha value is -1.30. The summed E-state index contributed by atoms with van der Waals surface area (Å²) in [6.45, 7) is -0.242. The summed E-state index contributed by atoms with van der Waals surface area (Å²) in [7, 11) is 0. The minimum atomic E-state index is -0.895. The van der Waals surface area contributed by atoms with E-state index in [0.29, 0.717) is 0 Å². The first kappa shape index (κ1) is 13.8. The number of hydrogen-bond donors (Lipinski definition) is 3. The third-order valence-electron chi connectivity index (χ3n) is 1.80. The minimum absolute atomic E-state index is 0.00249. The zero-order chi connectivity index (χ0) is 12.8. The molecule has 0 heterocycles. The molecular weight excluding hydrogens is 267 g/mol. The van der Waals surface area contributed by atoms with Crippen LogP contribution >= 0.6 is 23.2 Å². The highest BCUT2D eigenvalue weighted by atomic mass is 35.5. The van der Waals surface area contributed by atoms with E-state index in [-0.39, 0.29) is 28.9 Å². The van der Waals surface area contributed by atoms with Crippen molar-refractivity contribution in [2.75, 3.05) is 18.5 Å². The van der Waals surface area contributed by atoms with Gasteiger partial charge in [-0.2, -0.15) is 0 Å². The van der Waals surface area contributed by atoms with Gasteiger partial charge in [-0.25, -0.2) is 0 Å². The van der Waals surface area contributed by atoms with Crippen LogP contribution in [0.25, 0.3) is 0 Å². The van der Waals surface area contributed by atoms with Gasteiger partial charge in [0.25, 0.3) is 0 Å². The Kier molecular flexibility index (Phi) is 5.21. The van der Waals surface area contributed by atoms with Gasteiger partial charge in [-0.3, -0.25) is 9.59 Å². The molecule has 0 aliphatic heterocycles. The van der Waals surface area contributed by atoms with E-state index in [9.17, 15) is 9.59 Å². The lowest BCUT2D eigenvalue weighted by Gasteiger charge is -2.08. The molecule has 0 spiro atoms. The third-order valence-corrected chi connectivity index (χ3v) is 2.43. The zero-order valence-corrected chi connectivity index (χ0v) is 10.2. The van der Waals surface area contributed by atoms with Crippen LogP contribution in [0.5, 0.6) is 0 Å². The average molecular weight is 277 g/mol. The number of aliphatic hydroxyl groups excluding tert-OH is 1. The summed E-state index contributed by atoms with van der Waals surface area (Å²) < 4.78 is 0. The normalized spacial score (nSPS) is 9.82. The largest absolute Gasteiger partial charge is 0.395 e. The number of benzene rings is 1. The highest BCUT2D eigenvalue weighted by molar-refractivity contribution is 6.44. The van der Waals surface area contributed by atoms with Crippen molar-refractivity contribution in [3.63, 3.8) is 0 Å². The fraction of sp³-hybridized carbons (Fsp3) is 0.200. The van der Waals surface area contributed by atoms with E-state index < -0.39 is 11.8 Å². The predicted octanol–water partition coefficient (Wildman–Crippen LogP) is 1.04. The summed E-state index contributed by atoms with van der Waals surface area (Å²) in [6.07, 6.45) is 0.